The quantitative estimate of drug-likeness (QED) is 0.681. The van der Waals surface area contributed by atoms with Crippen LogP contribution in [-0.4, -0.2) is 10.7 Å². The van der Waals surface area contributed by atoms with E-state index in [1.807, 2.05) is 42.5 Å². The third-order valence-corrected chi connectivity index (χ3v) is 3.92. The summed E-state index contributed by atoms with van der Waals surface area (Å²) in [5.41, 5.74) is 0.223. The second kappa shape index (κ2) is 7.00. The summed E-state index contributed by atoms with van der Waals surface area (Å²) in [6, 6.07) is 10.6. The van der Waals surface area contributed by atoms with Crippen LogP contribution in [0.3, 0.4) is 0 Å². The van der Waals surface area contributed by atoms with Gasteiger partial charge in [0.05, 0.1) is 10.6 Å². The third-order valence-electron chi connectivity index (χ3n) is 2.56. The largest absolute Gasteiger partial charge is 0.417 e. The molecule has 0 saturated heterocycles. The van der Waals surface area contributed by atoms with Crippen LogP contribution in [0, 0.1) is 0 Å². The fourth-order valence-electron chi connectivity index (χ4n) is 1.56. The first kappa shape index (κ1) is 15.9. The molecule has 0 atom stereocenters. The maximum atomic E-state index is 12.5. The normalized spacial score (nSPS) is 12.0. The molecular weight excluding hydrogens is 319 g/mol. The molecule has 0 N–H and O–H groups in total. The molecule has 21 heavy (non-hydrogen) atoms. The molecule has 0 unspecified atom stereocenters. The molecule has 2 rings (SSSR count). The van der Waals surface area contributed by atoms with E-state index in [2.05, 4.69) is 4.98 Å². The number of hydrogen-bond donors (Lipinski definition) is 0. The lowest BCUT2D eigenvalue weighted by molar-refractivity contribution is -0.137. The molecule has 0 bridgehead atoms. The van der Waals surface area contributed by atoms with Crippen molar-refractivity contribution in [1.29, 1.82) is 0 Å². The fourth-order valence-corrected chi connectivity index (χ4v) is 2.57. The summed E-state index contributed by atoms with van der Waals surface area (Å²) in [5.74, 6) is 0.576. The molecular formula is C15H11ClF3NS. The van der Waals surface area contributed by atoms with Crippen molar-refractivity contribution in [2.24, 2.45) is 0 Å². The minimum atomic E-state index is -4.42. The van der Waals surface area contributed by atoms with Crippen LogP contribution in [0.4, 0.5) is 13.2 Å². The van der Waals surface area contributed by atoms with Crippen LogP contribution >= 0.6 is 23.4 Å². The van der Waals surface area contributed by atoms with Crippen molar-refractivity contribution in [1.82, 2.24) is 4.98 Å². The zero-order valence-electron chi connectivity index (χ0n) is 10.8. The number of alkyl halides is 3. The van der Waals surface area contributed by atoms with Crippen LogP contribution in [0.1, 0.15) is 11.1 Å². The third kappa shape index (κ3) is 4.79. The van der Waals surface area contributed by atoms with Gasteiger partial charge in [0.25, 0.3) is 0 Å². The van der Waals surface area contributed by atoms with Gasteiger partial charge in [0, 0.05) is 11.9 Å². The van der Waals surface area contributed by atoms with E-state index in [9.17, 15) is 13.2 Å². The predicted octanol–water partition coefficient (Wildman–Crippen LogP) is 5.56. The van der Waals surface area contributed by atoms with E-state index in [-0.39, 0.29) is 5.02 Å². The molecule has 6 heteroatoms. The Bertz CT molecular complexity index is 627. The van der Waals surface area contributed by atoms with Gasteiger partial charge in [-0.25, -0.2) is 4.98 Å². The smallest absolute Gasteiger partial charge is 0.248 e. The molecule has 0 fully saturated rings. The van der Waals surface area contributed by atoms with Gasteiger partial charge in [-0.3, -0.25) is 0 Å². The maximum Gasteiger partial charge on any atom is 0.417 e. The molecule has 2 aromatic rings. The highest BCUT2D eigenvalue weighted by Crippen LogP contribution is 2.33. The summed E-state index contributed by atoms with van der Waals surface area (Å²) in [6.07, 6.45) is 0.225. The summed E-state index contributed by atoms with van der Waals surface area (Å²) in [7, 11) is 0. The molecule has 1 aromatic heterocycles. The molecule has 0 aliphatic carbocycles. The Morgan fingerprint density at radius 2 is 1.90 bits per heavy atom. The molecule has 1 heterocycles. The summed E-state index contributed by atoms with van der Waals surface area (Å²) in [6.45, 7) is 0. The van der Waals surface area contributed by atoms with Gasteiger partial charge in [-0.1, -0.05) is 54.1 Å². The number of hydrogen-bond acceptors (Lipinski definition) is 2. The lowest BCUT2D eigenvalue weighted by Gasteiger charge is -2.08. The second-order valence-corrected chi connectivity index (χ2v) is 5.55. The Labute approximate surface area is 129 Å². The van der Waals surface area contributed by atoms with Crippen LogP contribution in [0.2, 0.25) is 5.02 Å². The molecule has 1 nitrogen and oxygen atoms in total. The van der Waals surface area contributed by atoms with Crippen LogP contribution in [0.15, 0.2) is 53.7 Å². The van der Waals surface area contributed by atoms with Gasteiger partial charge in [-0.2, -0.15) is 13.2 Å². The minimum absolute atomic E-state index is 0.0166. The first-order valence-corrected chi connectivity index (χ1v) is 7.40. The number of pyridine rings is 1. The van der Waals surface area contributed by atoms with Crippen molar-refractivity contribution < 1.29 is 13.2 Å². The number of halogens is 4. The van der Waals surface area contributed by atoms with Crippen LogP contribution in [-0.2, 0) is 6.18 Å². The fraction of sp³-hybridized carbons (Fsp3) is 0.133. The van der Waals surface area contributed by atoms with Crippen molar-refractivity contribution >= 4 is 29.4 Å². The highest BCUT2D eigenvalue weighted by atomic mass is 35.5. The summed E-state index contributed by atoms with van der Waals surface area (Å²) in [5, 5.41) is 0.408. The van der Waals surface area contributed by atoms with Crippen molar-refractivity contribution in [3.05, 3.63) is 64.8 Å². The van der Waals surface area contributed by atoms with Gasteiger partial charge >= 0.3 is 6.18 Å². The number of nitrogens with zero attached hydrogens (tertiary/aromatic N) is 1. The molecule has 0 amide bonds. The van der Waals surface area contributed by atoms with Gasteiger partial charge in [-0.05, 0) is 11.6 Å². The zero-order chi connectivity index (χ0) is 15.3. The Kier molecular flexibility index (Phi) is 5.31. The lowest BCUT2D eigenvalue weighted by atomic mass is 10.2. The first-order valence-electron chi connectivity index (χ1n) is 6.04. The zero-order valence-corrected chi connectivity index (χ0v) is 12.3. The number of thioether (sulfide) groups is 1. The average Bonchev–Trinajstić information content (AvgIpc) is 2.45. The van der Waals surface area contributed by atoms with E-state index in [0.29, 0.717) is 10.8 Å². The Morgan fingerprint density at radius 3 is 2.52 bits per heavy atom. The predicted molar refractivity (Wildman–Crippen MR) is 80.4 cm³/mol. The average molecular weight is 330 g/mol. The summed E-state index contributed by atoms with van der Waals surface area (Å²) >= 11 is 7.11. The highest BCUT2D eigenvalue weighted by Gasteiger charge is 2.31. The van der Waals surface area contributed by atoms with Gasteiger partial charge in [0.1, 0.15) is 5.03 Å². The standard InChI is InChI=1S/C15H11ClF3NS/c16-13-9-12(15(17,18)19)10-20-14(13)21-8-4-7-11-5-2-1-3-6-11/h1-7,9-10H,8H2/b7-4+. The van der Waals surface area contributed by atoms with Crippen molar-refractivity contribution in [3.63, 3.8) is 0 Å². The lowest BCUT2D eigenvalue weighted by Crippen LogP contribution is -2.05. The second-order valence-electron chi connectivity index (χ2n) is 4.13. The minimum Gasteiger partial charge on any atom is -0.248 e. The molecule has 0 saturated carbocycles. The Morgan fingerprint density at radius 1 is 1.19 bits per heavy atom. The number of rotatable bonds is 4. The van der Waals surface area contributed by atoms with E-state index in [1.165, 1.54) is 11.8 Å². The number of aromatic nitrogens is 1. The molecule has 1 aromatic carbocycles. The monoisotopic (exact) mass is 329 g/mol. The van der Waals surface area contributed by atoms with Gasteiger partial charge in [0.2, 0.25) is 0 Å². The number of benzene rings is 1. The van der Waals surface area contributed by atoms with Crippen LogP contribution < -0.4 is 0 Å². The van der Waals surface area contributed by atoms with E-state index in [0.717, 1.165) is 17.8 Å². The SMILES string of the molecule is FC(F)(F)c1cnc(SC/C=C/c2ccccc2)c(Cl)c1. The van der Waals surface area contributed by atoms with E-state index >= 15 is 0 Å². The van der Waals surface area contributed by atoms with E-state index < -0.39 is 11.7 Å². The first-order chi connectivity index (χ1) is 9.97. The van der Waals surface area contributed by atoms with Crippen molar-refractivity contribution in [2.45, 2.75) is 11.2 Å². The van der Waals surface area contributed by atoms with Crippen molar-refractivity contribution in [2.75, 3.05) is 5.75 Å². The highest BCUT2D eigenvalue weighted by molar-refractivity contribution is 7.99. The molecule has 0 aliphatic rings. The van der Waals surface area contributed by atoms with E-state index in [4.69, 9.17) is 11.6 Å². The van der Waals surface area contributed by atoms with Gasteiger partial charge in [-0.15, -0.1) is 11.8 Å². The van der Waals surface area contributed by atoms with Gasteiger partial charge < -0.3 is 0 Å². The summed E-state index contributed by atoms with van der Waals surface area (Å²) < 4.78 is 37.4. The maximum absolute atomic E-state index is 12.5. The summed E-state index contributed by atoms with van der Waals surface area (Å²) in [4.78, 5) is 3.77. The van der Waals surface area contributed by atoms with Crippen LogP contribution in [0.5, 0.6) is 0 Å². The Hall–Kier alpha value is -1.46. The topological polar surface area (TPSA) is 12.9 Å². The molecule has 0 aliphatic heterocycles. The molecule has 0 radical (unpaired) electrons. The van der Waals surface area contributed by atoms with Crippen molar-refractivity contribution in [3.8, 4) is 0 Å². The Balaban J connectivity index is 1.96. The van der Waals surface area contributed by atoms with Crippen LogP contribution in [0.25, 0.3) is 6.08 Å². The molecule has 0 spiro atoms. The van der Waals surface area contributed by atoms with Gasteiger partial charge in [0.15, 0.2) is 0 Å². The van der Waals surface area contributed by atoms with E-state index in [1.54, 1.807) is 0 Å². The molecule has 110 valence electrons.